The van der Waals surface area contributed by atoms with Crippen LogP contribution in [0, 0.1) is 5.92 Å². The molecular formula is C16H18F3NO4. The quantitative estimate of drug-likeness (QED) is 0.891. The van der Waals surface area contributed by atoms with Crippen LogP contribution in [0.5, 0.6) is 5.75 Å². The molecule has 1 aromatic rings. The molecule has 24 heavy (non-hydrogen) atoms. The number of hydrogen-bond donors (Lipinski definition) is 1. The van der Waals surface area contributed by atoms with Gasteiger partial charge in [-0.15, -0.1) is 13.2 Å². The fraction of sp³-hybridized carbons (Fsp3) is 0.500. The Morgan fingerprint density at radius 1 is 1.29 bits per heavy atom. The monoisotopic (exact) mass is 345 g/mol. The molecule has 0 aromatic heterocycles. The first-order valence-electron chi connectivity index (χ1n) is 7.60. The van der Waals surface area contributed by atoms with Crippen LogP contribution < -0.4 is 4.74 Å². The number of alkyl halides is 3. The van der Waals surface area contributed by atoms with Crippen molar-refractivity contribution < 1.29 is 32.6 Å². The third-order valence-corrected chi connectivity index (χ3v) is 3.93. The summed E-state index contributed by atoms with van der Waals surface area (Å²) in [6.07, 6.45) is -3.55. The van der Waals surface area contributed by atoms with Crippen LogP contribution >= 0.6 is 0 Å². The van der Waals surface area contributed by atoms with E-state index >= 15 is 0 Å². The number of ether oxygens (including phenoxy) is 1. The number of rotatable bonds is 5. The van der Waals surface area contributed by atoms with E-state index in [4.69, 9.17) is 5.11 Å². The molecule has 1 heterocycles. The second-order valence-electron chi connectivity index (χ2n) is 5.67. The van der Waals surface area contributed by atoms with Gasteiger partial charge in [0.2, 0.25) is 5.91 Å². The molecule has 0 radical (unpaired) electrons. The van der Waals surface area contributed by atoms with E-state index in [2.05, 4.69) is 4.74 Å². The van der Waals surface area contributed by atoms with Crippen molar-refractivity contribution in [2.45, 2.75) is 32.0 Å². The van der Waals surface area contributed by atoms with Gasteiger partial charge in [-0.1, -0.05) is 18.2 Å². The Kier molecular flexibility index (Phi) is 5.69. The molecular weight excluding hydrogens is 327 g/mol. The van der Waals surface area contributed by atoms with Gasteiger partial charge in [-0.25, -0.2) is 0 Å². The van der Waals surface area contributed by atoms with Crippen molar-refractivity contribution in [3.05, 3.63) is 29.8 Å². The van der Waals surface area contributed by atoms with Crippen molar-refractivity contribution >= 4 is 11.9 Å². The first-order chi connectivity index (χ1) is 11.3. The van der Waals surface area contributed by atoms with Gasteiger partial charge in [0, 0.05) is 19.5 Å². The largest absolute Gasteiger partial charge is 0.573 e. The summed E-state index contributed by atoms with van der Waals surface area (Å²) in [5.41, 5.74) is 0.287. The Labute approximate surface area is 137 Å². The SMILES string of the molecule is O=C(O)C1CCCN(C(=O)CCc2ccccc2OC(F)(F)F)C1. The number of carbonyl (C=O) groups is 2. The number of nitrogens with zero attached hydrogens (tertiary/aromatic N) is 1. The lowest BCUT2D eigenvalue weighted by Gasteiger charge is -2.30. The number of halogens is 3. The molecule has 1 saturated heterocycles. The lowest BCUT2D eigenvalue weighted by Crippen LogP contribution is -2.42. The van der Waals surface area contributed by atoms with Crippen LogP contribution in [-0.2, 0) is 16.0 Å². The molecule has 1 aliphatic heterocycles. The second-order valence-corrected chi connectivity index (χ2v) is 5.67. The molecule has 1 aromatic carbocycles. The van der Waals surface area contributed by atoms with Crippen molar-refractivity contribution in [1.29, 1.82) is 0 Å². The molecule has 1 unspecified atom stereocenters. The van der Waals surface area contributed by atoms with E-state index in [0.717, 1.165) is 0 Å². The number of carbonyl (C=O) groups excluding carboxylic acids is 1. The number of benzene rings is 1. The van der Waals surface area contributed by atoms with Gasteiger partial charge < -0.3 is 14.7 Å². The highest BCUT2D eigenvalue weighted by atomic mass is 19.4. The summed E-state index contributed by atoms with van der Waals surface area (Å²) in [7, 11) is 0. The summed E-state index contributed by atoms with van der Waals surface area (Å²) in [6, 6.07) is 5.68. The maximum atomic E-state index is 12.4. The lowest BCUT2D eigenvalue weighted by atomic mass is 9.97. The predicted octanol–water partition coefficient (Wildman–Crippen LogP) is 2.84. The number of hydrogen-bond acceptors (Lipinski definition) is 3. The maximum absolute atomic E-state index is 12.4. The Morgan fingerprint density at radius 2 is 2.00 bits per heavy atom. The van der Waals surface area contributed by atoms with Crippen molar-refractivity contribution in [1.82, 2.24) is 4.90 Å². The molecule has 1 atom stereocenters. The number of piperidine rings is 1. The zero-order chi connectivity index (χ0) is 17.7. The molecule has 8 heteroatoms. The summed E-state index contributed by atoms with van der Waals surface area (Å²) < 4.78 is 41.1. The molecule has 0 saturated carbocycles. The highest BCUT2D eigenvalue weighted by Crippen LogP contribution is 2.27. The fourth-order valence-corrected chi connectivity index (χ4v) is 2.74. The lowest BCUT2D eigenvalue weighted by molar-refractivity contribution is -0.274. The van der Waals surface area contributed by atoms with Gasteiger partial charge in [0.05, 0.1) is 5.92 Å². The third kappa shape index (κ3) is 5.14. The smallest absolute Gasteiger partial charge is 0.481 e. The number of aryl methyl sites for hydroxylation is 1. The molecule has 0 spiro atoms. The maximum Gasteiger partial charge on any atom is 0.573 e. The molecule has 0 aliphatic carbocycles. The average Bonchev–Trinajstić information content (AvgIpc) is 2.52. The van der Waals surface area contributed by atoms with Crippen molar-refractivity contribution in [2.24, 2.45) is 5.92 Å². The Hall–Kier alpha value is -2.25. The summed E-state index contributed by atoms with van der Waals surface area (Å²) in [5, 5.41) is 9.03. The van der Waals surface area contributed by atoms with E-state index < -0.39 is 18.2 Å². The summed E-state index contributed by atoms with van der Waals surface area (Å²) in [6.45, 7) is 0.623. The first-order valence-corrected chi connectivity index (χ1v) is 7.60. The summed E-state index contributed by atoms with van der Waals surface area (Å²) in [4.78, 5) is 24.7. The van der Waals surface area contributed by atoms with Gasteiger partial charge >= 0.3 is 12.3 Å². The molecule has 132 valence electrons. The van der Waals surface area contributed by atoms with E-state index in [1.165, 1.54) is 23.1 Å². The highest BCUT2D eigenvalue weighted by Gasteiger charge is 2.32. The van der Waals surface area contributed by atoms with Crippen LogP contribution in [0.1, 0.15) is 24.8 Å². The molecule has 1 amide bonds. The van der Waals surface area contributed by atoms with E-state index in [9.17, 15) is 22.8 Å². The highest BCUT2D eigenvalue weighted by molar-refractivity contribution is 5.78. The zero-order valence-corrected chi connectivity index (χ0v) is 12.9. The summed E-state index contributed by atoms with van der Waals surface area (Å²) >= 11 is 0. The van der Waals surface area contributed by atoms with Gasteiger partial charge in [0.25, 0.3) is 0 Å². The predicted molar refractivity (Wildman–Crippen MR) is 78.4 cm³/mol. The normalized spacial score (nSPS) is 18.3. The number of aliphatic carboxylic acids is 1. The number of likely N-dealkylation sites (tertiary alicyclic amines) is 1. The van der Waals surface area contributed by atoms with Crippen LogP contribution in [0.3, 0.4) is 0 Å². The van der Waals surface area contributed by atoms with Gasteiger partial charge in [0.15, 0.2) is 0 Å². The molecule has 5 nitrogen and oxygen atoms in total. The van der Waals surface area contributed by atoms with E-state index in [0.29, 0.717) is 19.4 Å². The van der Waals surface area contributed by atoms with Gasteiger partial charge in [-0.3, -0.25) is 9.59 Å². The van der Waals surface area contributed by atoms with Gasteiger partial charge in [-0.05, 0) is 30.9 Å². The van der Waals surface area contributed by atoms with Crippen LogP contribution in [0.15, 0.2) is 24.3 Å². The summed E-state index contributed by atoms with van der Waals surface area (Å²) in [5.74, 6) is -2.09. The molecule has 1 N–H and O–H groups in total. The second kappa shape index (κ2) is 7.55. The van der Waals surface area contributed by atoms with Crippen LogP contribution in [0.2, 0.25) is 0 Å². The van der Waals surface area contributed by atoms with Crippen molar-refractivity contribution in [3.63, 3.8) is 0 Å². The van der Waals surface area contributed by atoms with Gasteiger partial charge in [0.1, 0.15) is 5.75 Å². The molecule has 1 fully saturated rings. The number of para-hydroxylation sites is 1. The Balaban J connectivity index is 1.96. The average molecular weight is 345 g/mol. The standard InChI is InChI=1S/C16H18F3NO4/c17-16(18,19)24-13-6-2-1-4-11(13)7-8-14(21)20-9-3-5-12(10-20)15(22)23/h1-2,4,6,12H,3,5,7-10H2,(H,22,23). The first kappa shape index (κ1) is 18.1. The number of carboxylic acid groups (broad SMARTS) is 1. The fourth-order valence-electron chi connectivity index (χ4n) is 2.74. The number of carboxylic acids is 1. The zero-order valence-electron chi connectivity index (χ0n) is 12.9. The number of amides is 1. The Bertz CT molecular complexity index is 603. The van der Waals surface area contributed by atoms with Crippen LogP contribution in [-0.4, -0.2) is 41.3 Å². The van der Waals surface area contributed by atoms with E-state index in [1.807, 2.05) is 0 Å². The van der Waals surface area contributed by atoms with Crippen molar-refractivity contribution in [2.75, 3.05) is 13.1 Å². The van der Waals surface area contributed by atoms with Gasteiger partial charge in [-0.2, -0.15) is 0 Å². The minimum atomic E-state index is -4.79. The molecule has 0 bridgehead atoms. The van der Waals surface area contributed by atoms with Crippen LogP contribution in [0.25, 0.3) is 0 Å². The topological polar surface area (TPSA) is 66.8 Å². The Morgan fingerprint density at radius 3 is 2.67 bits per heavy atom. The van der Waals surface area contributed by atoms with Crippen molar-refractivity contribution in [3.8, 4) is 5.75 Å². The minimum Gasteiger partial charge on any atom is -0.481 e. The van der Waals surface area contributed by atoms with Crippen LogP contribution in [0.4, 0.5) is 13.2 Å². The minimum absolute atomic E-state index is 0.00453. The molecule has 1 aliphatic rings. The van der Waals surface area contributed by atoms with E-state index in [1.54, 1.807) is 6.07 Å². The molecule has 2 rings (SSSR count). The third-order valence-electron chi connectivity index (χ3n) is 3.93. The van der Waals surface area contributed by atoms with E-state index in [-0.39, 0.29) is 36.6 Å².